The molecular formula is C41H32N2O7S2. The molecule has 0 amide bonds. The summed E-state index contributed by atoms with van der Waals surface area (Å²) in [5, 5.41) is 37.1. The first kappa shape index (κ1) is 34.2. The number of phenols is 1. The van der Waals surface area contributed by atoms with Gasteiger partial charge in [0.05, 0.1) is 36.1 Å². The van der Waals surface area contributed by atoms with E-state index in [1.54, 1.807) is 36.8 Å². The number of fused-ring (bicyclic) bond motifs is 2. The van der Waals surface area contributed by atoms with Crippen LogP contribution in [0.15, 0.2) is 117 Å². The zero-order valence-corrected chi connectivity index (χ0v) is 29.8. The summed E-state index contributed by atoms with van der Waals surface area (Å²) in [6.07, 6.45) is 0. The van der Waals surface area contributed by atoms with Crippen LogP contribution < -0.4 is 20.6 Å². The Morgan fingerprint density at radius 1 is 0.577 bits per heavy atom. The number of H-pyrrole nitrogens is 2. The molecule has 0 aliphatic heterocycles. The molecule has 4 heterocycles. The molecule has 260 valence electrons. The van der Waals surface area contributed by atoms with E-state index in [1.807, 2.05) is 79.0 Å². The molecule has 0 saturated carbocycles. The van der Waals surface area contributed by atoms with E-state index in [1.165, 1.54) is 35.8 Å². The summed E-state index contributed by atoms with van der Waals surface area (Å²) in [6.45, 7) is 2.00. The van der Waals surface area contributed by atoms with Crippen molar-refractivity contribution in [3.05, 3.63) is 134 Å². The third-order valence-electron chi connectivity index (χ3n) is 8.70. The van der Waals surface area contributed by atoms with Gasteiger partial charge in [0.15, 0.2) is 0 Å². The van der Waals surface area contributed by atoms with Gasteiger partial charge in [-0.1, -0.05) is 72.8 Å². The van der Waals surface area contributed by atoms with Gasteiger partial charge in [-0.25, -0.2) is 0 Å². The van der Waals surface area contributed by atoms with Gasteiger partial charge in [0.25, 0.3) is 11.1 Å². The minimum atomic E-state index is -0.353. The Labute approximate surface area is 305 Å². The lowest BCUT2D eigenvalue weighted by molar-refractivity contribution is 0.408. The third-order valence-corrected chi connectivity index (χ3v) is 10.5. The van der Waals surface area contributed by atoms with Gasteiger partial charge >= 0.3 is 0 Å². The van der Waals surface area contributed by atoms with E-state index in [9.17, 15) is 24.9 Å². The number of rotatable bonds is 6. The van der Waals surface area contributed by atoms with Crippen LogP contribution in [0.5, 0.6) is 28.7 Å². The van der Waals surface area contributed by atoms with Crippen molar-refractivity contribution < 1.29 is 24.8 Å². The first-order chi connectivity index (χ1) is 25.2. The molecular weight excluding hydrogens is 697 g/mol. The van der Waals surface area contributed by atoms with Gasteiger partial charge in [-0.2, -0.15) is 0 Å². The number of aryl methyl sites for hydroxylation is 1. The van der Waals surface area contributed by atoms with E-state index in [0.29, 0.717) is 48.4 Å². The quantitative estimate of drug-likeness (QED) is 0.115. The standard InChI is InChI=1S/C21H17NO3S.C20H15NO4S/c1-12-8-9-14(16(10-12)25-2)15-11-26-21-18(15)19(23)17(20(24)22-21)13-6-4-3-5-7-13;1-25-12-7-8-13(15(22)9-12)14-10-26-20-17(14)18(23)16(19(24)21-20)11-5-3-2-4-6-11/h3-11H,1-2H3,(H2,22,23,24);2-10,22H,1H3,(H2,21,23,24). The molecule has 0 radical (unpaired) electrons. The molecule has 0 aliphatic rings. The van der Waals surface area contributed by atoms with Crippen LogP contribution in [0.1, 0.15) is 5.56 Å². The van der Waals surface area contributed by atoms with Crippen LogP contribution in [0.2, 0.25) is 0 Å². The smallest absolute Gasteiger partial charge is 0.260 e. The highest BCUT2D eigenvalue weighted by atomic mass is 32.1. The molecule has 0 bridgehead atoms. The number of hydrogen-bond donors (Lipinski definition) is 5. The van der Waals surface area contributed by atoms with Gasteiger partial charge < -0.3 is 34.8 Å². The van der Waals surface area contributed by atoms with Gasteiger partial charge in [0, 0.05) is 39.1 Å². The van der Waals surface area contributed by atoms with Crippen LogP contribution in [-0.4, -0.2) is 39.5 Å². The van der Waals surface area contributed by atoms with Gasteiger partial charge in [-0.05, 0) is 41.8 Å². The third kappa shape index (κ3) is 6.16. The van der Waals surface area contributed by atoms with Crippen LogP contribution >= 0.6 is 22.7 Å². The molecule has 8 rings (SSSR count). The molecule has 4 aromatic carbocycles. The minimum Gasteiger partial charge on any atom is -0.507 e. The van der Waals surface area contributed by atoms with E-state index < -0.39 is 0 Å². The normalized spacial score (nSPS) is 11.0. The zero-order valence-electron chi connectivity index (χ0n) is 28.2. The summed E-state index contributed by atoms with van der Waals surface area (Å²) in [5.74, 6) is 1.20. The fraction of sp³-hybridized carbons (Fsp3) is 0.0732. The van der Waals surface area contributed by atoms with Crippen molar-refractivity contribution in [2.24, 2.45) is 0 Å². The largest absolute Gasteiger partial charge is 0.507 e. The first-order valence-electron chi connectivity index (χ1n) is 16.1. The van der Waals surface area contributed by atoms with Crippen molar-refractivity contribution >= 4 is 43.1 Å². The van der Waals surface area contributed by atoms with Crippen molar-refractivity contribution in [3.63, 3.8) is 0 Å². The minimum absolute atomic E-state index is 0.00571. The SMILES string of the molecule is COc1cc(C)ccc1-c1csc2[nH]c(=O)c(-c3ccccc3)c(O)c12.COc1ccc(-c2csc3[nH]c(=O)c(-c4ccccc4)c(O)c23)c(O)c1. The van der Waals surface area contributed by atoms with Gasteiger partial charge in [0.2, 0.25) is 0 Å². The summed E-state index contributed by atoms with van der Waals surface area (Å²) in [6, 6.07) is 29.1. The van der Waals surface area contributed by atoms with E-state index in [2.05, 4.69) is 9.97 Å². The molecule has 0 atom stereocenters. The van der Waals surface area contributed by atoms with Crippen molar-refractivity contribution in [2.75, 3.05) is 14.2 Å². The monoisotopic (exact) mass is 728 g/mol. The number of aromatic nitrogens is 2. The average molecular weight is 729 g/mol. The van der Waals surface area contributed by atoms with Crippen molar-refractivity contribution in [1.29, 1.82) is 0 Å². The van der Waals surface area contributed by atoms with Gasteiger partial charge in [0.1, 0.15) is 38.4 Å². The summed E-state index contributed by atoms with van der Waals surface area (Å²) >= 11 is 2.70. The summed E-state index contributed by atoms with van der Waals surface area (Å²) in [4.78, 5) is 31.9. The Morgan fingerprint density at radius 2 is 1.08 bits per heavy atom. The second kappa shape index (κ2) is 14.1. The maximum Gasteiger partial charge on any atom is 0.260 e. The zero-order chi connectivity index (χ0) is 36.5. The summed E-state index contributed by atoms with van der Waals surface area (Å²) in [5.41, 5.74) is 5.17. The Morgan fingerprint density at radius 3 is 1.56 bits per heavy atom. The molecule has 0 fully saturated rings. The van der Waals surface area contributed by atoms with Crippen molar-refractivity contribution in [1.82, 2.24) is 9.97 Å². The van der Waals surface area contributed by atoms with E-state index in [4.69, 9.17) is 9.47 Å². The Kier molecular flexibility index (Phi) is 9.29. The topological polar surface area (TPSA) is 145 Å². The molecule has 5 N–H and O–H groups in total. The van der Waals surface area contributed by atoms with Crippen LogP contribution in [0.25, 0.3) is 64.9 Å². The van der Waals surface area contributed by atoms with Crippen LogP contribution in [0.3, 0.4) is 0 Å². The number of benzene rings is 4. The number of thiophene rings is 2. The predicted octanol–water partition coefficient (Wildman–Crippen LogP) is 9.29. The van der Waals surface area contributed by atoms with Crippen LogP contribution in [0.4, 0.5) is 0 Å². The van der Waals surface area contributed by atoms with E-state index >= 15 is 0 Å². The van der Waals surface area contributed by atoms with Crippen LogP contribution in [0, 0.1) is 6.92 Å². The highest BCUT2D eigenvalue weighted by Crippen LogP contribution is 2.46. The molecule has 0 spiro atoms. The molecule has 0 aliphatic carbocycles. The fourth-order valence-corrected chi connectivity index (χ4v) is 8.11. The number of phenolic OH excluding ortho intramolecular Hbond substituents is 1. The van der Waals surface area contributed by atoms with Crippen LogP contribution in [-0.2, 0) is 0 Å². The summed E-state index contributed by atoms with van der Waals surface area (Å²) in [7, 11) is 3.15. The second-order valence-corrected chi connectivity index (χ2v) is 13.6. The maximum atomic E-state index is 12.5. The fourth-order valence-electron chi connectivity index (χ4n) is 6.20. The Hall–Kier alpha value is -6.30. The maximum absolute atomic E-state index is 12.5. The number of methoxy groups -OCH3 is 2. The highest BCUT2D eigenvalue weighted by Gasteiger charge is 2.22. The molecule has 0 unspecified atom stereocenters. The number of pyridine rings is 2. The Balaban J connectivity index is 0.000000162. The summed E-state index contributed by atoms with van der Waals surface area (Å²) < 4.78 is 10.6. The molecule has 52 heavy (non-hydrogen) atoms. The number of hydrogen-bond acceptors (Lipinski definition) is 9. The molecule has 9 nitrogen and oxygen atoms in total. The number of aromatic amines is 2. The van der Waals surface area contributed by atoms with Crippen molar-refractivity contribution in [2.45, 2.75) is 6.92 Å². The first-order valence-corrected chi connectivity index (χ1v) is 17.8. The van der Waals surface area contributed by atoms with Gasteiger partial charge in [-0.15, -0.1) is 22.7 Å². The molecule has 4 aromatic heterocycles. The molecule has 11 heteroatoms. The highest BCUT2D eigenvalue weighted by molar-refractivity contribution is 7.17. The Bertz CT molecular complexity index is 2700. The molecule has 8 aromatic rings. The lowest BCUT2D eigenvalue weighted by atomic mass is 9.99. The van der Waals surface area contributed by atoms with E-state index in [0.717, 1.165) is 22.4 Å². The van der Waals surface area contributed by atoms with Gasteiger partial charge in [-0.3, -0.25) is 9.59 Å². The second-order valence-electron chi connectivity index (χ2n) is 11.9. The number of ether oxygens (including phenoxy) is 2. The van der Waals surface area contributed by atoms with Crippen molar-refractivity contribution in [3.8, 4) is 73.3 Å². The lowest BCUT2D eigenvalue weighted by Gasteiger charge is -2.11. The predicted molar refractivity (Wildman–Crippen MR) is 209 cm³/mol. The molecule has 0 saturated heterocycles. The number of nitrogens with one attached hydrogen (secondary N) is 2. The number of aromatic hydroxyl groups is 3. The average Bonchev–Trinajstić information content (AvgIpc) is 3.77. The lowest BCUT2D eigenvalue weighted by Crippen LogP contribution is -2.08. The van der Waals surface area contributed by atoms with E-state index in [-0.39, 0.29) is 39.5 Å².